The van der Waals surface area contributed by atoms with Gasteiger partial charge in [-0.3, -0.25) is 9.79 Å². The van der Waals surface area contributed by atoms with Gasteiger partial charge in [-0.1, -0.05) is 6.92 Å². The van der Waals surface area contributed by atoms with Crippen LogP contribution in [0, 0.1) is 0 Å². The topological polar surface area (TPSA) is 66.7 Å². The van der Waals surface area contributed by atoms with E-state index in [2.05, 4.69) is 4.99 Å². The number of carboxylic acid groups (broad SMARTS) is 1. The van der Waals surface area contributed by atoms with Crippen molar-refractivity contribution >= 4 is 17.5 Å². The lowest BCUT2D eigenvalue weighted by Gasteiger charge is -2.10. The predicted octanol–water partition coefficient (Wildman–Crippen LogP) is 2.34. The molecule has 0 fully saturated rings. The smallest absolute Gasteiger partial charge is 0.333 e. The van der Waals surface area contributed by atoms with Crippen LogP contribution in [0.15, 0.2) is 16.8 Å². The highest BCUT2D eigenvalue weighted by molar-refractivity contribution is 5.92. The van der Waals surface area contributed by atoms with E-state index in [-0.39, 0.29) is 5.78 Å². The molecule has 0 spiro atoms. The molecule has 0 atom stereocenters. The Kier molecular flexibility index (Phi) is 4.89. The van der Waals surface area contributed by atoms with Crippen molar-refractivity contribution in [2.24, 2.45) is 4.99 Å². The minimum Gasteiger partial charge on any atom is -0.478 e. The molecule has 1 N–H and O–H groups in total. The van der Waals surface area contributed by atoms with Crippen LogP contribution in [-0.2, 0) is 9.59 Å². The monoisotopic (exact) mass is 223 g/mol. The molecule has 4 heteroatoms. The second-order valence-electron chi connectivity index (χ2n) is 3.90. The van der Waals surface area contributed by atoms with E-state index in [1.807, 2.05) is 6.92 Å². The number of nitrogens with zero attached hydrogens (tertiary/aromatic N) is 1. The van der Waals surface area contributed by atoms with Crippen molar-refractivity contribution in [3.63, 3.8) is 0 Å². The van der Waals surface area contributed by atoms with E-state index in [0.29, 0.717) is 31.3 Å². The number of Topliss-reactive ketones (excluding diaryl/α,β-unsaturated/α-hetero) is 1. The SMILES string of the molecule is CCC(=O)CCCC1=NC=C(C(=O)O)CC1. The van der Waals surface area contributed by atoms with E-state index in [1.165, 1.54) is 6.20 Å². The summed E-state index contributed by atoms with van der Waals surface area (Å²) >= 11 is 0. The average Bonchev–Trinajstić information content (AvgIpc) is 2.29. The van der Waals surface area contributed by atoms with Crippen molar-refractivity contribution in [2.75, 3.05) is 0 Å². The first kappa shape index (κ1) is 12.6. The summed E-state index contributed by atoms with van der Waals surface area (Å²) in [5.41, 5.74) is 1.38. The van der Waals surface area contributed by atoms with Gasteiger partial charge in [0.2, 0.25) is 0 Å². The maximum Gasteiger partial charge on any atom is 0.333 e. The van der Waals surface area contributed by atoms with Gasteiger partial charge < -0.3 is 5.11 Å². The fraction of sp³-hybridized carbons (Fsp3) is 0.583. The van der Waals surface area contributed by atoms with Crippen LogP contribution in [0.1, 0.15) is 45.4 Å². The Labute approximate surface area is 95.1 Å². The lowest BCUT2D eigenvalue weighted by molar-refractivity contribution is -0.132. The Bertz CT molecular complexity index is 342. The molecule has 16 heavy (non-hydrogen) atoms. The molecule has 0 radical (unpaired) electrons. The zero-order chi connectivity index (χ0) is 12.0. The normalized spacial score (nSPS) is 15.3. The fourth-order valence-corrected chi connectivity index (χ4v) is 1.60. The third kappa shape index (κ3) is 3.96. The van der Waals surface area contributed by atoms with Crippen molar-refractivity contribution in [1.82, 2.24) is 0 Å². The Morgan fingerprint density at radius 2 is 2.19 bits per heavy atom. The van der Waals surface area contributed by atoms with Crippen LogP contribution in [-0.4, -0.2) is 22.6 Å². The third-order valence-electron chi connectivity index (χ3n) is 2.68. The predicted molar refractivity (Wildman–Crippen MR) is 61.5 cm³/mol. The fourth-order valence-electron chi connectivity index (χ4n) is 1.60. The molecule has 0 bridgehead atoms. The molecule has 0 aromatic rings. The van der Waals surface area contributed by atoms with Gasteiger partial charge in [-0.2, -0.15) is 0 Å². The summed E-state index contributed by atoms with van der Waals surface area (Å²) in [4.78, 5) is 25.8. The van der Waals surface area contributed by atoms with E-state index in [4.69, 9.17) is 5.11 Å². The Balaban J connectivity index is 2.35. The number of carbonyl (C=O) groups excluding carboxylic acids is 1. The van der Waals surface area contributed by atoms with Crippen molar-refractivity contribution in [3.05, 3.63) is 11.8 Å². The molecule has 0 amide bonds. The second-order valence-corrected chi connectivity index (χ2v) is 3.90. The first-order valence-electron chi connectivity index (χ1n) is 5.63. The number of ketones is 1. The number of rotatable bonds is 6. The van der Waals surface area contributed by atoms with Crippen LogP contribution in [0.5, 0.6) is 0 Å². The lowest BCUT2D eigenvalue weighted by atomic mass is 10.0. The van der Waals surface area contributed by atoms with Crippen LogP contribution < -0.4 is 0 Å². The molecular weight excluding hydrogens is 206 g/mol. The van der Waals surface area contributed by atoms with Gasteiger partial charge in [0, 0.05) is 24.8 Å². The van der Waals surface area contributed by atoms with Gasteiger partial charge >= 0.3 is 5.97 Å². The minimum absolute atomic E-state index is 0.276. The molecule has 0 aliphatic carbocycles. The van der Waals surface area contributed by atoms with E-state index in [1.54, 1.807) is 0 Å². The van der Waals surface area contributed by atoms with Crippen LogP contribution in [0.4, 0.5) is 0 Å². The van der Waals surface area contributed by atoms with Crippen molar-refractivity contribution in [1.29, 1.82) is 0 Å². The summed E-state index contributed by atoms with van der Waals surface area (Å²) in [7, 11) is 0. The maximum absolute atomic E-state index is 11.1. The number of aliphatic carboxylic acids is 1. The average molecular weight is 223 g/mol. The zero-order valence-corrected chi connectivity index (χ0v) is 9.53. The van der Waals surface area contributed by atoms with Gasteiger partial charge in [-0.05, 0) is 25.7 Å². The molecule has 0 saturated heterocycles. The quantitative estimate of drug-likeness (QED) is 0.751. The summed E-state index contributed by atoms with van der Waals surface area (Å²) < 4.78 is 0. The van der Waals surface area contributed by atoms with E-state index in [0.717, 1.165) is 18.6 Å². The number of aliphatic imine (C=N–C) groups is 1. The largest absolute Gasteiger partial charge is 0.478 e. The number of carboxylic acids is 1. The van der Waals surface area contributed by atoms with E-state index < -0.39 is 5.97 Å². The van der Waals surface area contributed by atoms with Crippen LogP contribution in [0.3, 0.4) is 0 Å². The van der Waals surface area contributed by atoms with Crippen LogP contribution >= 0.6 is 0 Å². The Hall–Kier alpha value is -1.45. The molecule has 0 aromatic carbocycles. The van der Waals surface area contributed by atoms with Gasteiger partial charge in [0.1, 0.15) is 5.78 Å². The molecule has 1 aliphatic rings. The highest BCUT2D eigenvalue weighted by Crippen LogP contribution is 2.15. The summed E-state index contributed by atoms with van der Waals surface area (Å²) in [5.74, 6) is -0.609. The molecule has 0 saturated carbocycles. The Morgan fingerprint density at radius 1 is 1.44 bits per heavy atom. The van der Waals surface area contributed by atoms with Crippen molar-refractivity contribution < 1.29 is 14.7 Å². The molecule has 0 aromatic heterocycles. The minimum atomic E-state index is -0.885. The summed E-state index contributed by atoms with van der Waals surface area (Å²) in [5, 5.41) is 8.72. The van der Waals surface area contributed by atoms with E-state index >= 15 is 0 Å². The number of hydrogen-bond acceptors (Lipinski definition) is 3. The summed E-state index contributed by atoms with van der Waals surface area (Å²) in [6.45, 7) is 1.86. The molecule has 1 aliphatic heterocycles. The van der Waals surface area contributed by atoms with Crippen molar-refractivity contribution in [3.8, 4) is 0 Å². The maximum atomic E-state index is 11.1. The number of hydrogen-bond donors (Lipinski definition) is 1. The zero-order valence-electron chi connectivity index (χ0n) is 9.53. The number of carbonyl (C=O) groups is 2. The molecule has 1 heterocycles. The van der Waals surface area contributed by atoms with Gasteiger partial charge in [0.05, 0.1) is 5.57 Å². The van der Waals surface area contributed by atoms with Crippen LogP contribution in [0.25, 0.3) is 0 Å². The highest BCUT2D eigenvalue weighted by atomic mass is 16.4. The second kappa shape index (κ2) is 6.20. The molecule has 4 nitrogen and oxygen atoms in total. The third-order valence-corrected chi connectivity index (χ3v) is 2.68. The van der Waals surface area contributed by atoms with Gasteiger partial charge in [0.15, 0.2) is 0 Å². The van der Waals surface area contributed by atoms with E-state index in [9.17, 15) is 9.59 Å². The Morgan fingerprint density at radius 3 is 2.69 bits per heavy atom. The van der Waals surface area contributed by atoms with Crippen molar-refractivity contribution in [2.45, 2.75) is 45.4 Å². The molecular formula is C12H17NO3. The first-order chi connectivity index (χ1) is 7.63. The van der Waals surface area contributed by atoms with Crippen LogP contribution in [0.2, 0.25) is 0 Å². The lowest BCUT2D eigenvalue weighted by Crippen LogP contribution is -2.09. The first-order valence-corrected chi connectivity index (χ1v) is 5.63. The summed E-state index contributed by atoms with van der Waals surface area (Å²) in [6.07, 6.45) is 5.51. The van der Waals surface area contributed by atoms with Gasteiger partial charge in [0.25, 0.3) is 0 Å². The van der Waals surface area contributed by atoms with Gasteiger partial charge in [-0.15, -0.1) is 0 Å². The highest BCUT2D eigenvalue weighted by Gasteiger charge is 2.13. The standard InChI is InChI=1S/C12H17NO3/c1-2-11(14)5-3-4-10-7-6-9(8-13-10)12(15)16/h8H,2-7H2,1H3,(H,15,16). The summed E-state index contributed by atoms with van der Waals surface area (Å²) in [6, 6.07) is 0. The van der Waals surface area contributed by atoms with Gasteiger partial charge in [-0.25, -0.2) is 4.79 Å². The molecule has 0 unspecified atom stereocenters. The molecule has 1 rings (SSSR count). The molecule has 88 valence electrons.